The molecule has 6 heteroatoms. The van der Waals surface area contributed by atoms with Gasteiger partial charge in [0.05, 0.1) is 6.04 Å². The Hall–Kier alpha value is -1.69. The average Bonchev–Trinajstić information content (AvgIpc) is 2.86. The van der Waals surface area contributed by atoms with Crippen LogP contribution in [0.25, 0.3) is 0 Å². The minimum atomic E-state index is -0.573. The van der Waals surface area contributed by atoms with Crippen LogP contribution in [0.15, 0.2) is 18.0 Å². The lowest BCUT2D eigenvalue weighted by Crippen LogP contribution is -2.37. The molecule has 2 heterocycles. The van der Waals surface area contributed by atoms with Crippen molar-refractivity contribution >= 4 is 5.91 Å². The van der Waals surface area contributed by atoms with Crippen LogP contribution in [0.3, 0.4) is 0 Å². The highest BCUT2D eigenvalue weighted by Crippen LogP contribution is 2.20. The molecule has 0 bridgehead atoms. The lowest BCUT2D eigenvalue weighted by atomic mass is 10.1. The molecule has 104 valence electrons. The number of hydrogen-bond donors (Lipinski definition) is 1. The van der Waals surface area contributed by atoms with Crippen molar-refractivity contribution < 1.29 is 4.79 Å². The Morgan fingerprint density at radius 2 is 2.37 bits per heavy atom. The summed E-state index contributed by atoms with van der Waals surface area (Å²) in [6, 6.07) is 0.278. The van der Waals surface area contributed by atoms with Gasteiger partial charge in [0, 0.05) is 13.1 Å². The van der Waals surface area contributed by atoms with Gasteiger partial charge in [-0.25, -0.2) is 9.67 Å². The number of primary amides is 1. The van der Waals surface area contributed by atoms with E-state index in [4.69, 9.17) is 5.73 Å². The van der Waals surface area contributed by atoms with Crippen molar-refractivity contribution in [2.45, 2.75) is 32.7 Å². The largest absolute Gasteiger partial charge is 0.363 e. The monoisotopic (exact) mass is 263 g/mol. The summed E-state index contributed by atoms with van der Waals surface area (Å²) in [5.74, 6) is -0.475. The molecule has 0 radical (unpaired) electrons. The summed E-state index contributed by atoms with van der Waals surface area (Å²) in [4.78, 5) is 17.3. The Kier molecular flexibility index (Phi) is 4.31. The maximum atomic E-state index is 11.0. The maximum Gasteiger partial charge on any atom is 0.288 e. The summed E-state index contributed by atoms with van der Waals surface area (Å²) in [5, 5.41) is 4.15. The predicted molar refractivity (Wildman–Crippen MR) is 72.7 cm³/mol. The van der Waals surface area contributed by atoms with E-state index in [0.717, 1.165) is 32.5 Å². The van der Waals surface area contributed by atoms with Gasteiger partial charge in [-0.3, -0.25) is 9.69 Å². The molecule has 1 fully saturated rings. The van der Waals surface area contributed by atoms with E-state index in [1.807, 2.05) is 0 Å². The lowest BCUT2D eigenvalue weighted by molar-refractivity contribution is 0.0989. The van der Waals surface area contributed by atoms with Crippen molar-refractivity contribution in [1.29, 1.82) is 0 Å². The number of amides is 1. The smallest absolute Gasteiger partial charge is 0.288 e. The van der Waals surface area contributed by atoms with E-state index >= 15 is 0 Å². The van der Waals surface area contributed by atoms with Gasteiger partial charge in [0.15, 0.2) is 0 Å². The molecule has 1 atom stereocenters. The predicted octanol–water partition coefficient (Wildman–Crippen LogP) is 0.980. The van der Waals surface area contributed by atoms with E-state index in [2.05, 4.69) is 34.9 Å². The zero-order chi connectivity index (χ0) is 13.8. The van der Waals surface area contributed by atoms with Crippen molar-refractivity contribution in [3.63, 3.8) is 0 Å². The first-order valence-corrected chi connectivity index (χ1v) is 6.63. The number of allylic oxidation sites excluding steroid dienone is 1. The third kappa shape index (κ3) is 3.64. The molecule has 1 saturated heterocycles. The third-order valence-electron chi connectivity index (χ3n) is 3.34. The fourth-order valence-corrected chi connectivity index (χ4v) is 2.29. The Labute approximate surface area is 113 Å². The maximum absolute atomic E-state index is 11.0. The molecule has 2 N–H and O–H groups in total. The average molecular weight is 263 g/mol. The topological polar surface area (TPSA) is 77.0 Å². The fourth-order valence-electron chi connectivity index (χ4n) is 2.29. The van der Waals surface area contributed by atoms with Crippen LogP contribution in [0.2, 0.25) is 0 Å². The summed E-state index contributed by atoms with van der Waals surface area (Å²) < 4.78 is 1.77. The standard InChI is InChI=1S/C13H21N5O/c1-10(2)5-7-17-6-3-4-11(8-17)18-9-15-13(16-18)12(14)19/h5,9,11H,3-4,6-8H2,1-2H3,(H2,14,19)/t11-/m1/s1. The van der Waals surface area contributed by atoms with E-state index in [-0.39, 0.29) is 11.9 Å². The highest BCUT2D eigenvalue weighted by Gasteiger charge is 2.22. The number of rotatable bonds is 4. The molecule has 19 heavy (non-hydrogen) atoms. The van der Waals surface area contributed by atoms with Crippen molar-refractivity contribution in [2.24, 2.45) is 5.73 Å². The van der Waals surface area contributed by atoms with Crippen LogP contribution in [-0.4, -0.2) is 45.2 Å². The molecular formula is C13H21N5O. The van der Waals surface area contributed by atoms with E-state index in [9.17, 15) is 4.79 Å². The number of carbonyl (C=O) groups excluding carboxylic acids is 1. The van der Waals surface area contributed by atoms with Crippen LogP contribution in [0.5, 0.6) is 0 Å². The summed E-state index contributed by atoms with van der Waals surface area (Å²) in [5.41, 5.74) is 6.50. The molecule has 0 aliphatic carbocycles. The first-order chi connectivity index (χ1) is 9.06. The normalized spacial score (nSPS) is 20.2. The van der Waals surface area contributed by atoms with Crippen molar-refractivity contribution in [1.82, 2.24) is 19.7 Å². The quantitative estimate of drug-likeness (QED) is 0.821. The first-order valence-electron chi connectivity index (χ1n) is 6.63. The lowest BCUT2D eigenvalue weighted by Gasteiger charge is -2.31. The zero-order valence-electron chi connectivity index (χ0n) is 11.5. The Balaban J connectivity index is 2.00. The Morgan fingerprint density at radius 1 is 1.58 bits per heavy atom. The van der Waals surface area contributed by atoms with Gasteiger partial charge in [-0.2, -0.15) is 0 Å². The van der Waals surface area contributed by atoms with Gasteiger partial charge in [-0.05, 0) is 33.2 Å². The zero-order valence-corrected chi connectivity index (χ0v) is 11.5. The molecule has 1 aromatic rings. The van der Waals surface area contributed by atoms with E-state index in [1.54, 1.807) is 11.0 Å². The fraction of sp³-hybridized carbons (Fsp3) is 0.615. The summed E-state index contributed by atoms with van der Waals surface area (Å²) in [6.45, 7) is 7.23. The third-order valence-corrected chi connectivity index (χ3v) is 3.34. The summed E-state index contributed by atoms with van der Waals surface area (Å²) in [6.07, 6.45) is 6.04. The van der Waals surface area contributed by atoms with Gasteiger partial charge in [0.2, 0.25) is 5.82 Å². The highest BCUT2D eigenvalue weighted by atomic mass is 16.1. The van der Waals surface area contributed by atoms with Gasteiger partial charge in [-0.1, -0.05) is 11.6 Å². The van der Waals surface area contributed by atoms with Crippen LogP contribution in [0.4, 0.5) is 0 Å². The molecule has 1 aromatic heterocycles. The highest BCUT2D eigenvalue weighted by molar-refractivity contribution is 5.88. The van der Waals surface area contributed by atoms with Crippen LogP contribution in [-0.2, 0) is 0 Å². The molecule has 0 spiro atoms. The minimum Gasteiger partial charge on any atom is -0.363 e. The summed E-state index contributed by atoms with van der Waals surface area (Å²) >= 11 is 0. The van der Waals surface area contributed by atoms with Gasteiger partial charge >= 0.3 is 0 Å². The minimum absolute atomic E-state index is 0.0985. The molecule has 1 aliphatic rings. The molecule has 6 nitrogen and oxygen atoms in total. The number of nitrogens with zero attached hydrogens (tertiary/aromatic N) is 4. The second-order valence-electron chi connectivity index (χ2n) is 5.25. The molecule has 1 aliphatic heterocycles. The van der Waals surface area contributed by atoms with Crippen LogP contribution in [0, 0.1) is 0 Å². The number of piperidine rings is 1. The molecule has 2 rings (SSSR count). The van der Waals surface area contributed by atoms with Gasteiger partial charge in [0.1, 0.15) is 6.33 Å². The molecule has 0 unspecified atom stereocenters. The van der Waals surface area contributed by atoms with Crippen molar-refractivity contribution in [3.05, 3.63) is 23.8 Å². The van der Waals surface area contributed by atoms with Crippen molar-refractivity contribution in [2.75, 3.05) is 19.6 Å². The molecule has 1 amide bonds. The van der Waals surface area contributed by atoms with Crippen LogP contribution >= 0.6 is 0 Å². The number of hydrogen-bond acceptors (Lipinski definition) is 4. The summed E-state index contributed by atoms with van der Waals surface area (Å²) in [7, 11) is 0. The Morgan fingerprint density at radius 3 is 3.00 bits per heavy atom. The number of likely N-dealkylation sites (tertiary alicyclic amines) is 1. The van der Waals surface area contributed by atoms with E-state index in [1.165, 1.54) is 5.57 Å². The van der Waals surface area contributed by atoms with E-state index < -0.39 is 5.91 Å². The molecular weight excluding hydrogens is 242 g/mol. The second-order valence-corrected chi connectivity index (χ2v) is 5.25. The Bertz CT molecular complexity index is 475. The number of carbonyl (C=O) groups is 1. The second kappa shape index (κ2) is 5.97. The van der Waals surface area contributed by atoms with Gasteiger partial charge < -0.3 is 5.73 Å². The van der Waals surface area contributed by atoms with Gasteiger partial charge in [-0.15, -0.1) is 5.10 Å². The molecule has 0 saturated carbocycles. The van der Waals surface area contributed by atoms with Gasteiger partial charge in [0.25, 0.3) is 5.91 Å². The van der Waals surface area contributed by atoms with Crippen LogP contribution in [0.1, 0.15) is 43.3 Å². The van der Waals surface area contributed by atoms with Crippen LogP contribution < -0.4 is 5.73 Å². The SMILES string of the molecule is CC(C)=CCN1CCC[C@@H](n2cnc(C(N)=O)n2)C1. The van der Waals surface area contributed by atoms with E-state index in [0.29, 0.717) is 0 Å². The number of aromatic nitrogens is 3. The number of nitrogens with two attached hydrogens (primary N) is 1. The van der Waals surface area contributed by atoms with Crippen molar-refractivity contribution in [3.8, 4) is 0 Å². The first kappa shape index (κ1) is 13.7. The molecule has 0 aromatic carbocycles.